The Balaban J connectivity index is 2.03. The molecule has 6 heteroatoms. The molecule has 0 aliphatic heterocycles. The van der Waals surface area contributed by atoms with Crippen LogP contribution in [0.25, 0.3) is 0 Å². The molecule has 2 atom stereocenters. The summed E-state index contributed by atoms with van der Waals surface area (Å²) in [5, 5.41) is 11.1. The minimum atomic E-state index is -0.879. The Morgan fingerprint density at radius 1 is 1.47 bits per heavy atom. The zero-order chi connectivity index (χ0) is 14.4. The van der Waals surface area contributed by atoms with E-state index in [1.807, 2.05) is 25.3 Å². The summed E-state index contributed by atoms with van der Waals surface area (Å²) in [6.07, 6.45) is 0. The molecular formula is C13H16BrNO3S. The van der Waals surface area contributed by atoms with Gasteiger partial charge < -0.3 is 10.0 Å². The van der Waals surface area contributed by atoms with Crippen LogP contribution in [-0.4, -0.2) is 28.9 Å². The number of carboxylic acids is 1. The minimum absolute atomic E-state index is 0.0816. The van der Waals surface area contributed by atoms with Gasteiger partial charge in [0.15, 0.2) is 0 Å². The third kappa shape index (κ3) is 2.69. The predicted molar refractivity (Wildman–Crippen MR) is 76.9 cm³/mol. The first kappa shape index (κ1) is 14.5. The summed E-state index contributed by atoms with van der Waals surface area (Å²) in [5.41, 5.74) is -0.437. The molecule has 0 radical (unpaired) electrons. The molecule has 1 aromatic rings. The fourth-order valence-corrected chi connectivity index (χ4v) is 4.05. The van der Waals surface area contributed by atoms with Crippen molar-refractivity contribution in [3.8, 4) is 0 Å². The fraction of sp³-hybridized carbons (Fsp3) is 0.538. The smallest absolute Gasteiger partial charge is 0.307 e. The van der Waals surface area contributed by atoms with E-state index in [1.165, 1.54) is 0 Å². The number of rotatable bonds is 4. The van der Waals surface area contributed by atoms with Gasteiger partial charge in [0.2, 0.25) is 5.91 Å². The number of halogens is 1. The number of hydrogen-bond acceptors (Lipinski definition) is 3. The summed E-state index contributed by atoms with van der Waals surface area (Å²) < 4.78 is 1.00. The normalized spacial score (nSPS) is 24.0. The van der Waals surface area contributed by atoms with Gasteiger partial charge >= 0.3 is 5.97 Å². The van der Waals surface area contributed by atoms with Crippen LogP contribution in [-0.2, 0) is 16.1 Å². The lowest BCUT2D eigenvalue weighted by molar-refractivity contribution is -0.141. The lowest BCUT2D eigenvalue weighted by Gasteiger charge is -2.17. The van der Waals surface area contributed by atoms with Crippen molar-refractivity contribution in [2.24, 2.45) is 17.3 Å². The second-order valence-electron chi connectivity index (χ2n) is 5.54. The van der Waals surface area contributed by atoms with E-state index >= 15 is 0 Å². The van der Waals surface area contributed by atoms with Crippen LogP contribution in [0.3, 0.4) is 0 Å². The van der Waals surface area contributed by atoms with Gasteiger partial charge in [0.1, 0.15) is 0 Å². The Morgan fingerprint density at radius 3 is 2.53 bits per heavy atom. The lowest BCUT2D eigenvalue weighted by atomic mass is 10.1. The first-order valence-corrected chi connectivity index (χ1v) is 7.63. The molecule has 19 heavy (non-hydrogen) atoms. The maximum absolute atomic E-state index is 12.3. The van der Waals surface area contributed by atoms with Gasteiger partial charge in [-0.05, 0) is 27.4 Å². The molecular weight excluding hydrogens is 330 g/mol. The van der Waals surface area contributed by atoms with Gasteiger partial charge in [-0.1, -0.05) is 13.8 Å². The van der Waals surface area contributed by atoms with Gasteiger partial charge in [0, 0.05) is 21.8 Å². The molecule has 104 valence electrons. The summed E-state index contributed by atoms with van der Waals surface area (Å²) in [6, 6.07) is 1.97. The molecule has 1 fully saturated rings. The van der Waals surface area contributed by atoms with Crippen molar-refractivity contribution in [1.82, 2.24) is 4.90 Å². The molecule has 1 heterocycles. The number of nitrogens with zero attached hydrogens (tertiary/aromatic N) is 1. The summed E-state index contributed by atoms with van der Waals surface area (Å²) in [7, 11) is 1.73. The van der Waals surface area contributed by atoms with E-state index in [4.69, 9.17) is 5.11 Å². The van der Waals surface area contributed by atoms with Crippen LogP contribution in [0.4, 0.5) is 0 Å². The van der Waals surface area contributed by atoms with Crippen LogP contribution in [0.1, 0.15) is 18.7 Å². The lowest BCUT2D eigenvalue weighted by Crippen LogP contribution is -2.29. The molecule has 1 amide bonds. The number of amides is 1. The maximum atomic E-state index is 12.3. The first-order valence-electron chi connectivity index (χ1n) is 5.96. The average molecular weight is 346 g/mol. The van der Waals surface area contributed by atoms with E-state index in [1.54, 1.807) is 23.3 Å². The van der Waals surface area contributed by atoms with Gasteiger partial charge in [-0.15, -0.1) is 11.3 Å². The first-order chi connectivity index (χ1) is 8.75. The summed E-state index contributed by atoms with van der Waals surface area (Å²) in [4.78, 5) is 26.1. The van der Waals surface area contributed by atoms with Gasteiger partial charge in [-0.2, -0.15) is 0 Å². The monoisotopic (exact) mass is 345 g/mol. The van der Waals surface area contributed by atoms with Gasteiger partial charge in [-0.25, -0.2) is 0 Å². The molecule has 1 aromatic heterocycles. The quantitative estimate of drug-likeness (QED) is 0.912. The molecule has 1 aliphatic carbocycles. The van der Waals surface area contributed by atoms with Crippen LogP contribution in [0.2, 0.25) is 0 Å². The third-order valence-corrected chi connectivity index (χ3v) is 5.43. The Bertz CT molecular complexity index is 526. The van der Waals surface area contributed by atoms with E-state index < -0.39 is 23.2 Å². The second kappa shape index (κ2) is 4.90. The van der Waals surface area contributed by atoms with Crippen molar-refractivity contribution in [2.75, 3.05) is 7.05 Å². The fourth-order valence-electron chi connectivity index (χ4n) is 2.55. The van der Waals surface area contributed by atoms with Crippen molar-refractivity contribution in [1.29, 1.82) is 0 Å². The van der Waals surface area contributed by atoms with Crippen LogP contribution in [0.15, 0.2) is 15.9 Å². The molecule has 4 nitrogen and oxygen atoms in total. The highest BCUT2D eigenvalue weighted by molar-refractivity contribution is 9.10. The SMILES string of the molecule is CN(Cc1cc(Br)cs1)C(=O)C1C(C(=O)O)C1(C)C. The minimum Gasteiger partial charge on any atom is -0.481 e. The molecule has 2 rings (SSSR count). The van der Waals surface area contributed by atoms with Gasteiger partial charge in [-0.3, -0.25) is 9.59 Å². The Labute approximate surface area is 124 Å². The zero-order valence-electron chi connectivity index (χ0n) is 11.0. The molecule has 2 unspecified atom stereocenters. The number of aliphatic carboxylic acids is 1. The topological polar surface area (TPSA) is 57.6 Å². The summed E-state index contributed by atoms with van der Waals surface area (Å²) >= 11 is 4.95. The molecule has 1 N–H and O–H groups in total. The number of thiophene rings is 1. The number of carbonyl (C=O) groups is 2. The van der Waals surface area contributed by atoms with Crippen molar-refractivity contribution in [3.63, 3.8) is 0 Å². The van der Waals surface area contributed by atoms with Gasteiger partial charge in [0.25, 0.3) is 0 Å². The number of carboxylic acid groups (broad SMARTS) is 1. The molecule has 0 aromatic carbocycles. The molecule has 0 spiro atoms. The maximum Gasteiger partial charge on any atom is 0.307 e. The van der Waals surface area contributed by atoms with Crippen molar-refractivity contribution in [3.05, 3.63) is 20.8 Å². The zero-order valence-corrected chi connectivity index (χ0v) is 13.4. The average Bonchev–Trinajstić information content (AvgIpc) is 2.63. The molecule has 0 saturated heterocycles. The Morgan fingerprint density at radius 2 is 2.11 bits per heavy atom. The van der Waals surface area contributed by atoms with E-state index in [0.717, 1.165) is 9.35 Å². The van der Waals surface area contributed by atoms with Crippen LogP contribution < -0.4 is 0 Å². The van der Waals surface area contributed by atoms with E-state index in [9.17, 15) is 9.59 Å². The van der Waals surface area contributed by atoms with Crippen molar-refractivity contribution in [2.45, 2.75) is 20.4 Å². The van der Waals surface area contributed by atoms with E-state index in [0.29, 0.717) is 6.54 Å². The Kier molecular flexibility index (Phi) is 3.75. The highest BCUT2D eigenvalue weighted by Gasteiger charge is 2.66. The third-order valence-electron chi connectivity index (χ3n) is 3.75. The van der Waals surface area contributed by atoms with Gasteiger partial charge in [0.05, 0.1) is 18.4 Å². The van der Waals surface area contributed by atoms with Crippen LogP contribution in [0, 0.1) is 17.3 Å². The van der Waals surface area contributed by atoms with E-state index in [2.05, 4.69) is 15.9 Å². The standard InChI is InChI=1S/C13H16BrNO3S/c1-13(2)9(10(13)12(17)18)11(16)15(3)5-8-4-7(14)6-19-8/h4,6,9-10H,5H2,1-3H3,(H,17,18). The van der Waals surface area contributed by atoms with Crippen molar-refractivity contribution >= 4 is 39.1 Å². The molecule has 0 bridgehead atoms. The predicted octanol–water partition coefficient (Wildman–Crippen LogP) is 2.83. The molecule has 1 saturated carbocycles. The highest BCUT2D eigenvalue weighted by atomic mass is 79.9. The number of carbonyl (C=O) groups excluding carboxylic acids is 1. The summed E-state index contributed by atoms with van der Waals surface area (Å²) in [5.74, 6) is -1.92. The largest absolute Gasteiger partial charge is 0.481 e. The van der Waals surface area contributed by atoms with Crippen LogP contribution in [0.5, 0.6) is 0 Å². The van der Waals surface area contributed by atoms with Crippen LogP contribution >= 0.6 is 27.3 Å². The summed E-state index contributed by atoms with van der Waals surface area (Å²) in [6.45, 7) is 4.20. The molecule has 1 aliphatic rings. The highest BCUT2D eigenvalue weighted by Crippen LogP contribution is 2.59. The van der Waals surface area contributed by atoms with Crippen molar-refractivity contribution < 1.29 is 14.7 Å². The second-order valence-corrected chi connectivity index (χ2v) is 7.45. The van der Waals surface area contributed by atoms with E-state index in [-0.39, 0.29) is 5.91 Å². The number of hydrogen-bond donors (Lipinski definition) is 1. The Hall–Kier alpha value is -0.880.